The van der Waals surface area contributed by atoms with Gasteiger partial charge >= 0.3 is 11.9 Å². The van der Waals surface area contributed by atoms with Gasteiger partial charge in [-0.15, -0.1) is 0 Å². The third-order valence-corrected chi connectivity index (χ3v) is 7.59. The van der Waals surface area contributed by atoms with Crippen LogP contribution in [-0.2, 0) is 34.9 Å². The summed E-state index contributed by atoms with van der Waals surface area (Å²) in [5.41, 5.74) is 6.90. The van der Waals surface area contributed by atoms with Gasteiger partial charge in [-0.25, -0.2) is 20.0 Å². The molecule has 14 heteroatoms. The molecule has 0 fully saturated rings. The molecule has 0 saturated heterocycles. The van der Waals surface area contributed by atoms with Gasteiger partial charge in [-0.1, -0.05) is 26.7 Å². The number of ether oxygens (including phenoxy) is 3. The van der Waals surface area contributed by atoms with Crippen molar-refractivity contribution in [3.63, 3.8) is 0 Å². The molecule has 0 bridgehead atoms. The molecule has 0 aliphatic heterocycles. The van der Waals surface area contributed by atoms with Crippen molar-refractivity contribution in [3.05, 3.63) is 12.7 Å². The Kier molecular flexibility index (Phi) is 12.6. The predicted molar refractivity (Wildman–Crippen MR) is 144 cm³/mol. The number of nitrogens with one attached hydrogen (secondary N) is 2. The van der Waals surface area contributed by atoms with Gasteiger partial charge in [0.05, 0.1) is 37.6 Å². The average molecular weight is 556 g/mol. The van der Waals surface area contributed by atoms with Crippen molar-refractivity contribution in [2.24, 2.45) is 5.92 Å². The van der Waals surface area contributed by atoms with Crippen molar-refractivity contribution in [1.82, 2.24) is 29.7 Å². The van der Waals surface area contributed by atoms with E-state index in [9.17, 15) is 14.2 Å². The maximum Gasteiger partial charge on any atom is 0.323 e. The van der Waals surface area contributed by atoms with Gasteiger partial charge in [-0.05, 0) is 34.1 Å². The lowest BCUT2D eigenvalue weighted by Gasteiger charge is -2.26. The molecule has 38 heavy (non-hydrogen) atoms. The number of hydrogen-bond donors (Lipinski definition) is 3. The van der Waals surface area contributed by atoms with E-state index >= 15 is 0 Å². The summed E-state index contributed by atoms with van der Waals surface area (Å²) in [6, 6.07) is -0.857. The number of aromatic nitrogens is 4. The number of fused-ring (bicyclic) bond motifs is 1. The zero-order chi connectivity index (χ0) is 28.3. The van der Waals surface area contributed by atoms with Crippen LogP contribution in [0.3, 0.4) is 0 Å². The number of unbranched alkanes of at least 4 members (excludes halogenated alkanes) is 2. The van der Waals surface area contributed by atoms with E-state index in [0.717, 1.165) is 19.3 Å². The van der Waals surface area contributed by atoms with Gasteiger partial charge in [-0.3, -0.25) is 19.2 Å². The number of hydrogen-bond acceptors (Lipinski definition) is 10. The van der Waals surface area contributed by atoms with Crippen LogP contribution in [0, 0.1) is 5.92 Å². The molecule has 2 rings (SSSR count). The highest BCUT2D eigenvalue weighted by Crippen LogP contribution is 2.37. The van der Waals surface area contributed by atoms with Crippen molar-refractivity contribution < 1.29 is 28.4 Å². The number of rotatable bonds is 17. The number of esters is 2. The standard InChI is InChI=1S/C24H42N7O6P/c1-7-8-9-10-35-24(33)19(6)30-38(34,29-11-17(4)23(32)37-16(2)3)15-36-18(5)12-31-14-28-20-21(25)26-13-27-22(20)31/h13-14,16-19H,7-12,15H2,1-6H3,(H2,25,26,27)(H2,29,30,34)/t17-,18+,19-,38?/m0/s1. The van der Waals surface area contributed by atoms with Gasteiger partial charge in [0, 0.05) is 6.54 Å². The molecule has 2 heterocycles. The molecular weight excluding hydrogens is 513 g/mol. The van der Waals surface area contributed by atoms with Gasteiger partial charge in [0.25, 0.3) is 0 Å². The molecule has 4 N–H and O–H groups in total. The SMILES string of the molecule is CCCCCOC(=O)[C@H](C)NP(=O)(CO[C@H](C)Cn1cnc2c(N)ncnc21)NC[C@H](C)C(=O)OC(C)C. The van der Waals surface area contributed by atoms with Gasteiger partial charge in [0.2, 0.25) is 7.44 Å². The minimum Gasteiger partial charge on any atom is -0.465 e. The lowest BCUT2D eigenvalue weighted by Crippen LogP contribution is -2.40. The van der Waals surface area contributed by atoms with Crippen LogP contribution in [0.15, 0.2) is 12.7 Å². The molecule has 0 saturated carbocycles. The highest BCUT2D eigenvalue weighted by molar-refractivity contribution is 7.59. The van der Waals surface area contributed by atoms with Gasteiger partial charge in [-0.2, -0.15) is 0 Å². The van der Waals surface area contributed by atoms with Crippen LogP contribution in [0.2, 0.25) is 0 Å². The normalized spacial score (nSPS) is 15.7. The Morgan fingerprint density at radius 3 is 2.53 bits per heavy atom. The van der Waals surface area contributed by atoms with Crippen molar-refractivity contribution in [2.75, 3.05) is 25.2 Å². The molecule has 4 atom stereocenters. The quantitative estimate of drug-likeness (QED) is 0.148. The van der Waals surface area contributed by atoms with E-state index in [2.05, 4.69) is 32.1 Å². The molecule has 13 nitrogen and oxygen atoms in total. The molecule has 0 aliphatic rings. The van der Waals surface area contributed by atoms with Crippen molar-refractivity contribution in [1.29, 1.82) is 0 Å². The van der Waals surface area contributed by atoms with E-state index in [1.54, 1.807) is 38.6 Å². The first-order valence-corrected chi connectivity index (χ1v) is 14.9. The predicted octanol–water partition coefficient (Wildman–Crippen LogP) is 2.85. The van der Waals surface area contributed by atoms with Crippen LogP contribution in [0.1, 0.15) is 60.8 Å². The highest BCUT2D eigenvalue weighted by atomic mass is 31.2. The fourth-order valence-electron chi connectivity index (χ4n) is 3.45. The number of nitrogens with zero attached hydrogens (tertiary/aromatic N) is 4. The average Bonchev–Trinajstić information content (AvgIpc) is 3.27. The topological polar surface area (TPSA) is 173 Å². The Labute approximate surface area is 224 Å². The molecule has 0 radical (unpaired) electrons. The number of nitrogens with two attached hydrogens (primary N) is 1. The summed E-state index contributed by atoms with van der Waals surface area (Å²) in [6.07, 6.45) is 4.77. The second kappa shape index (κ2) is 15.1. The molecule has 0 aliphatic carbocycles. The smallest absolute Gasteiger partial charge is 0.323 e. The lowest BCUT2D eigenvalue weighted by molar-refractivity contribution is -0.151. The maximum atomic E-state index is 13.9. The van der Waals surface area contributed by atoms with Gasteiger partial charge in [0.15, 0.2) is 11.5 Å². The monoisotopic (exact) mass is 555 g/mol. The van der Waals surface area contributed by atoms with Crippen LogP contribution in [0.5, 0.6) is 0 Å². The minimum atomic E-state index is -3.50. The van der Waals surface area contributed by atoms with E-state index in [0.29, 0.717) is 24.3 Å². The largest absolute Gasteiger partial charge is 0.465 e. The third-order valence-electron chi connectivity index (χ3n) is 5.58. The summed E-state index contributed by atoms with van der Waals surface area (Å²) in [4.78, 5) is 37.1. The molecule has 214 valence electrons. The summed E-state index contributed by atoms with van der Waals surface area (Å²) in [7, 11) is -3.50. The number of anilines is 1. The van der Waals surface area contributed by atoms with Crippen molar-refractivity contribution in [2.45, 2.75) is 85.6 Å². The van der Waals surface area contributed by atoms with Crippen LogP contribution >= 0.6 is 7.44 Å². The van der Waals surface area contributed by atoms with Crippen LogP contribution < -0.4 is 15.9 Å². The number of imidazole rings is 1. The van der Waals surface area contributed by atoms with E-state index in [4.69, 9.17) is 19.9 Å². The number of nitrogen functional groups attached to an aromatic ring is 1. The second-order valence-electron chi connectivity index (χ2n) is 9.65. The summed E-state index contributed by atoms with van der Waals surface area (Å²) < 4.78 is 32.1. The lowest BCUT2D eigenvalue weighted by atomic mass is 10.2. The zero-order valence-electron chi connectivity index (χ0n) is 23.2. The fraction of sp³-hybridized carbons (Fsp3) is 0.708. The Bertz CT molecular complexity index is 1100. The Hall–Kier alpha value is -2.60. The fourth-order valence-corrected chi connectivity index (χ4v) is 5.48. The minimum absolute atomic E-state index is 0.0637. The Morgan fingerprint density at radius 2 is 1.84 bits per heavy atom. The first-order valence-electron chi connectivity index (χ1n) is 13.0. The Morgan fingerprint density at radius 1 is 1.11 bits per heavy atom. The van der Waals surface area contributed by atoms with E-state index < -0.39 is 37.4 Å². The van der Waals surface area contributed by atoms with E-state index in [1.807, 2.05) is 6.92 Å². The van der Waals surface area contributed by atoms with Gasteiger partial charge < -0.3 is 24.5 Å². The van der Waals surface area contributed by atoms with E-state index in [1.165, 1.54) is 6.33 Å². The molecule has 0 aromatic carbocycles. The summed E-state index contributed by atoms with van der Waals surface area (Å²) in [6.45, 7) is 11.4. The van der Waals surface area contributed by atoms with Crippen LogP contribution in [0.4, 0.5) is 5.82 Å². The Balaban J connectivity index is 2.05. The van der Waals surface area contributed by atoms with Crippen LogP contribution in [0.25, 0.3) is 11.2 Å². The molecule has 0 amide bonds. The molecular formula is C24H42N7O6P. The van der Waals surface area contributed by atoms with Crippen LogP contribution in [-0.4, -0.2) is 69.2 Å². The molecule has 2 aromatic rings. The highest BCUT2D eigenvalue weighted by Gasteiger charge is 2.30. The molecule has 0 spiro atoms. The van der Waals surface area contributed by atoms with Crippen molar-refractivity contribution in [3.8, 4) is 0 Å². The van der Waals surface area contributed by atoms with E-state index in [-0.39, 0.29) is 24.8 Å². The van der Waals surface area contributed by atoms with Gasteiger partial charge in [0.1, 0.15) is 24.2 Å². The summed E-state index contributed by atoms with van der Waals surface area (Å²) in [5, 5.41) is 5.78. The summed E-state index contributed by atoms with van der Waals surface area (Å²) >= 11 is 0. The first kappa shape index (κ1) is 31.6. The van der Waals surface area contributed by atoms with Crippen molar-refractivity contribution >= 4 is 36.4 Å². The number of carbonyl (C=O) groups is 2. The number of carbonyl (C=O) groups excluding carboxylic acids is 2. The zero-order valence-corrected chi connectivity index (χ0v) is 24.1. The maximum absolute atomic E-state index is 13.9. The second-order valence-corrected chi connectivity index (χ2v) is 12.0. The summed E-state index contributed by atoms with van der Waals surface area (Å²) in [5.74, 6) is -1.21. The molecule has 2 aromatic heterocycles. The first-order chi connectivity index (χ1) is 18.0. The third kappa shape index (κ3) is 9.94. The molecule has 1 unspecified atom stereocenters.